The fraction of sp³-hybridized carbons (Fsp3) is 0. The van der Waals surface area contributed by atoms with E-state index >= 15 is 0 Å². The molecule has 96 valence electrons. The second kappa shape index (κ2) is 4.18. The fourth-order valence-corrected chi connectivity index (χ4v) is 2.40. The highest BCUT2D eigenvalue weighted by molar-refractivity contribution is 7.89. The summed E-state index contributed by atoms with van der Waals surface area (Å²) in [5.41, 5.74) is 8.02. The predicted molar refractivity (Wildman–Crippen MR) is 55.6 cm³/mol. The summed E-state index contributed by atoms with van der Waals surface area (Å²) in [7, 11) is -4.74. The first kappa shape index (κ1) is 13.8. The average Bonchev–Trinajstić information content (AvgIpc) is 2.12. The smallest absolute Gasteiger partial charge is 0.244 e. The largest absolute Gasteiger partial charge is 0.395 e. The van der Waals surface area contributed by atoms with Gasteiger partial charge in [-0.1, -0.05) is 0 Å². The Hall–Kier alpha value is -1.30. The van der Waals surface area contributed by atoms with Crippen LogP contribution in [0, 0.1) is 11.6 Å². The van der Waals surface area contributed by atoms with Crippen molar-refractivity contribution in [2.75, 3.05) is 11.5 Å². The number of hydrogen-bond donors (Lipinski definition) is 4. The van der Waals surface area contributed by atoms with E-state index in [-0.39, 0.29) is 0 Å². The minimum Gasteiger partial charge on any atom is -0.395 e. The predicted octanol–water partition coefficient (Wildman–Crippen LogP) is -0.643. The molecule has 0 amide bonds. The Balaban J connectivity index is 3.91. The summed E-state index contributed by atoms with van der Waals surface area (Å²) in [6.07, 6.45) is 0. The van der Waals surface area contributed by atoms with Gasteiger partial charge in [-0.25, -0.2) is 26.5 Å². The molecule has 1 rings (SSSR count). The third-order valence-electron chi connectivity index (χ3n) is 1.82. The highest BCUT2D eigenvalue weighted by Gasteiger charge is 2.30. The molecule has 7 nitrogen and oxygen atoms in total. The summed E-state index contributed by atoms with van der Waals surface area (Å²) in [5, 5.41) is 4.57. The molecule has 0 aliphatic carbocycles. The third-order valence-corrected chi connectivity index (χ3v) is 3.54. The second-order valence-corrected chi connectivity index (χ2v) is 5.31. The van der Waals surface area contributed by atoms with Gasteiger partial charge >= 0.3 is 0 Å². The molecule has 0 heterocycles. The van der Waals surface area contributed by atoms with E-state index in [1.807, 2.05) is 0 Å². The van der Waals surface area contributed by atoms with Gasteiger partial charge in [0.05, 0.1) is 11.4 Å². The van der Waals surface area contributed by atoms with E-state index in [1.54, 1.807) is 0 Å². The molecule has 1 atom stereocenters. The summed E-state index contributed by atoms with van der Waals surface area (Å²) in [6.45, 7) is 0. The molecule has 1 unspecified atom stereocenters. The number of primary sulfonamides is 1. The van der Waals surface area contributed by atoms with Gasteiger partial charge in [-0.15, -0.1) is 0 Å². The van der Waals surface area contributed by atoms with Crippen LogP contribution in [0.4, 0.5) is 20.2 Å². The van der Waals surface area contributed by atoms with Crippen LogP contribution < -0.4 is 16.6 Å². The lowest BCUT2D eigenvalue weighted by Crippen LogP contribution is -2.20. The van der Waals surface area contributed by atoms with Crippen LogP contribution in [0.5, 0.6) is 0 Å². The zero-order chi connectivity index (χ0) is 13.5. The second-order valence-electron chi connectivity index (χ2n) is 2.91. The van der Waals surface area contributed by atoms with Crippen molar-refractivity contribution >= 4 is 32.5 Å². The van der Waals surface area contributed by atoms with E-state index in [9.17, 15) is 21.4 Å². The number of hydrogen-bond acceptors (Lipinski definition) is 5. The highest BCUT2D eigenvalue weighted by atomic mass is 32.2. The number of nitrogen functional groups attached to an aromatic ring is 2. The lowest BCUT2D eigenvalue weighted by atomic mass is 10.2. The summed E-state index contributed by atoms with van der Waals surface area (Å²) in [4.78, 5) is -2.48. The van der Waals surface area contributed by atoms with Gasteiger partial charge in [0.15, 0.2) is 27.6 Å². The molecule has 0 spiro atoms. The molecule has 0 fully saturated rings. The van der Waals surface area contributed by atoms with Gasteiger partial charge < -0.3 is 16.0 Å². The first-order chi connectivity index (χ1) is 7.59. The Morgan fingerprint density at radius 2 is 1.47 bits per heavy atom. The van der Waals surface area contributed by atoms with Crippen molar-refractivity contribution < 1.29 is 26.0 Å². The van der Waals surface area contributed by atoms with Crippen molar-refractivity contribution in [3.63, 3.8) is 0 Å². The SMILES string of the molecule is Nc1c(F)c(S(N)(=O)=O)c(F)c(N)c1S(=O)O. The van der Waals surface area contributed by atoms with Gasteiger partial charge in [0, 0.05) is 0 Å². The van der Waals surface area contributed by atoms with Crippen LogP contribution in [-0.4, -0.2) is 17.2 Å². The van der Waals surface area contributed by atoms with Gasteiger partial charge in [0.2, 0.25) is 10.0 Å². The van der Waals surface area contributed by atoms with E-state index in [0.29, 0.717) is 0 Å². The molecule has 0 aliphatic rings. The van der Waals surface area contributed by atoms with Gasteiger partial charge in [0.25, 0.3) is 0 Å². The maximum absolute atomic E-state index is 13.4. The van der Waals surface area contributed by atoms with Crippen LogP contribution in [0.3, 0.4) is 0 Å². The minimum atomic E-state index is -4.74. The molecule has 0 aromatic heterocycles. The van der Waals surface area contributed by atoms with Crippen molar-refractivity contribution in [2.24, 2.45) is 5.14 Å². The Bertz CT molecular complexity index is 587. The highest BCUT2D eigenvalue weighted by Crippen LogP contribution is 2.34. The maximum atomic E-state index is 13.4. The van der Waals surface area contributed by atoms with Crippen LogP contribution in [0.25, 0.3) is 0 Å². The normalized spacial score (nSPS) is 13.6. The van der Waals surface area contributed by atoms with Gasteiger partial charge in [-0.3, -0.25) is 0 Å². The van der Waals surface area contributed by atoms with Crippen molar-refractivity contribution in [3.8, 4) is 0 Å². The van der Waals surface area contributed by atoms with Crippen LogP contribution >= 0.6 is 0 Å². The minimum absolute atomic E-state index is 0.938. The van der Waals surface area contributed by atoms with E-state index in [4.69, 9.17) is 16.0 Å². The number of anilines is 2. The van der Waals surface area contributed by atoms with Crippen molar-refractivity contribution in [3.05, 3.63) is 11.6 Å². The van der Waals surface area contributed by atoms with E-state index in [0.717, 1.165) is 0 Å². The molecular weight excluding hydrogens is 280 g/mol. The topological polar surface area (TPSA) is 150 Å². The van der Waals surface area contributed by atoms with Crippen LogP contribution in [-0.2, 0) is 21.1 Å². The summed E-state index contributed by atoms with van der Waals surface area (Å²) < 4.78 is 68.2. The molecule has 11 heteroatoms. The zero-order valence-electron chi connectivity index (χ0n) is 7.98. The molecule has 0 radical (unpaired) electrons. The Morgan fingerprint density at radius 3 is 1.71 bits per heavy atom. The molecule has 0 saturated carbocycles. The molecule has 1 aromatic carbocycles. The summed E-state index contributed by atoms with van der Waals surface area (Å²) >= 11 is -2.87. The van der Waals surface area contributed by atoms with E-state index in [2.05, 4.69) is 5.14 Å². The van der Waals surface area contributed by atoms with Crippen LogP contribution in [0.2, 0.25) is 0 Å². The number of sulfonamides is 1. The number of rotatable bonds is 2. The van der Waals surface area contributed by atoms with E-state index < -0.39 is 53.9 Å². The Kier molecular flexibility index (Phi) is 3.38. The van der Waals surface area contributed by atoms with Gasteiger partial charge in [-0.05, 0) is 0 Å². The van der Waals surface area contributed by atoms with Crippen LogP contribution in [0.15, 0.2) is 9.79 Å². The molecule has 7 N–H and O–H groups in total. The first-order valence-electron chi connectivity index (χ1n) is 3.78. The molecule has 0 bridgehead atoms. The monoisotopic (exact) mass is 287 g/mol. The third kappa shape index (κ3) is 2.22. The number of nitrogens with two attached hydrogens (primary N) is 3. The van der Waals surface area contributed by atoms with Gasteiger partial charge in [0.1, 0.15) is 4.90 Å². The number of benzene rings is 1. The molecule has 0 aliphatic heterocycles. The van der Waals surface area contributed by atoms with Crippen molar-refractivity contribution in [2.45, 2.75) is 9.79 Å². The standard InChI is InChI=1S/C6H7F2N3O4S2/c7-1-3(9)5(16(12)13)4(10)2(8)6(1)17(11,14)15/h9-10H2,(H,12,13)(H2,11,14,15). The summed E-state index contributed by atoms with van der Waals surface area (Å²) in [6, 6.07) is 0. The van der Waals surface area contributed by atoms with Crippen molar-refractivity contribution in [1.82, 2.24) is 0 Å². The Morgan fingerprint density at radius 1 is 1.12 bits per heavy atom. The molecule has 0 saturated heterocycles. The molecule has 1 aromatic rings. The Labute approximate surface area is 96.9 Å². The van der Waals surface area contributed by atoms with E-state index in [1.165, 1.54) is 0 Å². The molecular formula is C6H7F2N3O4S2. The van der Waals surface area contributed by atoms with Crippen LogP contribution in [0.1, 0.15) is 0 Å². The average molecular weight is 287 g/mol. The lowest BCUT2D eigenvalue weighted by molar-refractivity contribution is 0.516. The fourth-order valence-electron chi connectivity index (χ4n) is 1.12. The quantitative estimate of drug-likeness (QED) is 0.419. The maximum Gasteiger partial charge on any atom is 0.244 e. The number of halogens is 2. The summed E-state index contributed by atoms with van der Waals surface area (Å²) in [5.74, 6) is -3.51. The first-order valence-corrected chi connectivity index (χ1v) is 6.43. The molecule has 17 heavy (non-hydrogen) atoms. The van der Waals surface area contributed by atoms with Crippen molar-refractivity contribution in [1.29, 1.82) is 0 Å². The van der Waals surface area contributed by atoms with Gasteiger partial charge in [-0.2, -0.15) is 0 Å². The lowest BCUT2D eigenvalue weighted by Gasteiger charge is -2.11. The zero-order valence-corrected chi connectivity index (χ0v) is 9.61.